The Balaban J connectivity index is 2.20. The van der Waals surface area contributed by atoms with Crippen molar-refractivity contribution in [2.24, 2.45) is 0 Å². The molecule has 2 aromatic rings. The molecule has 0 saturated heterocycles. The van der Waals surface area contributed by atoms with E-state index >= 15 is 0 Å². The minimum Gasteiger partial charge on any atom is -0.313 e. The van der Waals surface area contributed by atoms with Crippen LogP contribution >= 0.6 is 0 Å². The maximum Gasteiger partial charge on any atom is 0.126 e. The number of rotatable bonds is 4. The molecule has 0 radical (unpaired) electrons. The SMILES string of the molecule is CNC(Cc1ccccc1F)c1ccc(C)nc1. The normalized spacial score (nSPS) is 12.4. The summed E-state index contributed by atoms with van der Waals surface area (Å²) < 4.78 is 13.6. The summed E-state index contributed by atoms with van der Waals surface area (Å²) in [7, 11) is 1.88. The van der Waals surface area contributed by atoms with Gasteiger partial charge in [-0.25, -0.2) is 4.39 Å². The number of aryl methyl sites for hydroxylation is 1. The molecule has 0 fully saturated rings. The summed E-state index contributed by atoms with van der Waals surface area (Å²) in [6.45, 7) is 1.95. The fraction of sp³-hybridized carbons (Fsp3) is 0.267. The van der Waals surface area contributed by atoms with Gasteiger partial charge in [-0.2, -0.15) is 0 Å². The van der Waals surface area contributed by atoms with Crippen molar-refractivity contribution in [3.05, 3.63) is 65.2 Å². The second kappa shape index (κ2) is 5.74. The maximum absolute atomic E-state index is 13.6. The van der Waals surface area contributed by atoms with Crippen LogP contribution in [-0.4, -0.2) is 12.0 Å². The highest BCUT2D eigenvalue weighted by Gasteiger charge is 2.12. The number of aromatic nitrogens is 1. The Kier molecular flexibility index (Phi) is 4.05. The number of hydrogen-bond donors (Lipinski definition) is 1. The van der Waals surface area contributed by atoms with Gasteiger partial charge in [-0.15, -0.1) is 0 Å². The molecule has 0 aliphatic heterocycles. The Labute approximate surface area is 107 Å². The number of pyridine rings is 1. The fourth-order valence-electron chi connectivity index (χ4n) is 1.96. The molecule has 1 unspecified atom stereocenters. The molecule has 0 aliphatic carbocycles. The first kappa shape index (κ1) is 12.7. The lowest BCUT2D eigenvalue weighted by molar-refractivity contribution is 0.553. The van der Waals surface area contributed by atoms with Crippen LogP contribution in [0.3, 0.4) is 0 Å². The first-order chi connectivity index (χ1) is 8.70. The van der Waals surface area contributed by atoms with Crippen LogP contribution in [0.1, 0.15) is 22.9 Å². The van der Waals surface area contributed by atoms with E-state index in [-0.39, 0.29) is 11.9 Å². The van der Waals surface area contributed by atoms with Gasteiger partial charge < -0.3 is 5.32 Å². The minimum absolute atomic E-state index is 0.0787. The van der Waals surface area contributed by atoms with E-state index in [1.165, 1.54) is 6.07 Å². The summed E-state index contributed by atoms with van der Waals surface area (Å²) in [6, 6.07) is 11.0. The smallest absolute Gasteiger partial charge is 0.126 e. The van der Waals surface area contributed by atoms with Crippen molar-refractivity contribution in [2.75, 3.05) is 7.05 Å². The molecule has 0 saturated carbocycles. The van der Waals surface area contributed by atoms with Crippen molar-refractivity contribution in [2.45, 2.75) is 19.4 Å². The van der Waals surface area contributed by atoms with E-state index in [0.29, 0.717) is 6.42 Å². The molecule has 3 heteroatoms. The van der Waals surface area contributed by atoms with Crippen LogP contribution in [0, 0.1) is 12.7 Å². The van der Waals surface area contributed by atoms with Crippen LogP contribution in [0.5, 0.6) is 0 Å². The third-order valence-electron chi connectivity index (χ3n) is 3.07. The predicted octanol–water partition coefficient (Wildman–Crippen LogP) is 3.03. The number of likely N-dealkylation sites (N-methyl/N-ethyl adjacent to an activating group) is 1. The van der Waals surface area contributed by atoms with Crippen LogP contribution in [0.2, 0.25) is 0 Å². The van der Waals surface area contributed by atoms with E-state index in [9.17, 15) is 4.39 Å². The highest BCUT2D eigenvalue weighted by Crippen LogP contribution is 2.19. The topological polar surface area (TPSA) is 24.9 Å². The van der Waals surface area contributed by atoms with Gasteiger partial charge in [0.05, 0.1) is 0 Å². The van der Waals surface area contributed by atoms with E-state index in [1.54, 1.807) is 6.07 Å². The van der Waals surface area contributed by atoms with Crippen LogP contribution in [0.4, 0.5) is 4.39 Å². The average molecular weight is 244 g/mol. The summed E-state index contributed by atoms with van der Waals surface area (Å²) >= 11 is 0. The summed E-state index contributed by atoms with van der Waals surface area (Å²) in [5, 5.41) is 3.21. The highest BCUT2D eigenvalue weighted by atomic mass is 19.1. The summed E-state index contributed by atoms with van der Waals surface area (Å²) in [4.78, 5) is 4.28. The molecule has 1 atom stereocenters. The molecule has 1 aromatic heterocycles. The van der Waals surface area contributed by atoms with Crippen molar-refractivity contribution in [3.8, 4) is 0 Å². The molecular formula is C15H17FN2. The monoisotopic (exact) mass is 244 g/mol. The molecule has 18 heavy (non-hydrogen) atoms. The molecule has 1 heterocycles. The lowest BCUT2D eigenvalue weighted by Gasteiger charge is -2.17. The Bertz CT molecular complexity index is 508. The van der Waals surface area contributed by atoms with E-state index in [2.05, 4.69) is 10.3 Å². The van der Waals surface area contributed by atoms with Gasteiger partial charge in [0.25, 0.3) is 0 Å². The number of nitrogens with one attached hydrogen (secondary N) is 1. The van der Waals surface area contributed by atoms with Crippen molar-refractivity contribution in [1.82, 2.24) is 10.3 Å². The lowest BCUT2D eigenvalue weighted by Crippen LogP contribution is -2.19. The number of halogens is 1. The van der Waals surface area contributed by atoms with Crippen molar-refractivity contribution >= 4 is 0 Å². The van der Waals surface area contributed by atoms with E-state index in [0.717, 1.165) is 16.8 Å². The van der Waals surface area contributed by atoms with Crippen molar-refractivity contribution in [1.29, 1.82) is 0 Å². The zero-order chi connectivity index (χ0) is 13.0. The Morgan fingerprint density at radius 1 is 1.22 bits per heavy atom. The number of benzene rings is 1. The van der Waals surface area contributed by atoms with Gasteiger partial charge in [-0.05, 0) is 43.7 Å². The molecule has 1 N–H and O–H groups in total. The number of hydrogen-bond acceptors (Lipinski definition) is 2. The van der Waals surface area contributed by atoms with Gasteiger partial charge in [-0.1, -0.05) is 24.3 Å². The third-order valence-corrected chi connectivity index (χ3v) is 3.07. The van der Waals surface area contributed by atoms with Gasteiger partial charge in [0, 0.05) is 17.9 Å². The fourth-order valence-corrected chi connectivity index (χ4v) is 1.96. The summed E-state index contributed by atoms with van der Waals surface area (Å²) in [5.74, 6) is -0.155. The second-order valence-corrected chi connectivity index (χ2v) is 4.37. The van der Waals surface area contributed by atoms with Crippen molar-refractivity contribution < 1.29 is 4.39 Å². The van der Waals surface area contributed by atoms with Crippen LogP contribution in [0.15, 0.2) is 42.6 Å². The first-order valence-corrected chi connectivity index (χ1v) is 6.04. The molecule has 94 valence electrons. The Morgan fingerprint density at radius 2 is 2.00 bits per heavy atom. The third kappa shape index (κ3) is 2.93. The van der Waals surface area contributed by atoms with Gasteiger partial charge in [-0.3, -0.25) is 4.98 Å². The number of nitrogens with zero attached hydrogens (tertiary/aromatic N) is 1. The molecular weight excluding hydrogens is 227 g/mol. The molecule has 2 nitrogen and oxygen atoms in total. The van der Waals surface area contributed by atoms with Gasteiger partial charge in [0.2, 0.25) is 0 Å². The first-order valence-electron chi connectivity index (χ1n) is 6.04. The minimum atomic E-state index is -0.155. The van der Waals surface area contributed by atoms with Crippen LogP contribution < -0.4 is 5.32 Å². The molecule has 0 spiro atoms. The molecule has 0 bridgehead atoms. The standard InChI is InChI=1S/C15H17FN2/c1-11-7-8-13(10-18-11)15(17-2)9-12-5-3-4-6-14(12)16/h3-8,10,15,17H,9H2,1-2H3. The quantitative estimate of drug-likeness (QED) is 0.894. The molecule has 0 aliphatic rings. The van der Waals surface area contributed by atoms with Crippen LogP contribution in [-0.2, 0) is 6.42 Å². The zero-order valence-electron chi connectivity index (χ0n) is 10.7. The lowest BCUT2D eigenvalue weighted by atomic mass is 10.00. The van der Waals surface area contributed by atoms with Gasteiger partial charge >= 0.3 is 0 Å². The molecule has 1 aromatic carbocycles. The second-order valence-electron chi connectivity index (χ2n) is 4.37. The average Bonchev–Trinajstić information content (AvgIpc) is 2.39. The summed E-state index contributed by atoms with van der Waals surface area (Å²) in [5.41, 5.74) is 2.78. The largest absolute Gasteiger partial charge is 0.313 e. The summed E-state index contributed by atoms with van der Waals surface area (Å²) in [6.07, 6.45) is 2.46. The van der Waals surface area contributed by atoms with E-state index in [1.807, 2.05) is 44.4 Å². The predicted molar refractivity (Wildman–Crippen MR) is 70.9 cm³/mol. The van der Waals surface area contributed by atoms with E-state index < -0.39 is 0 Å². The molecule has 0 amide bonds. The van der Waals surface area contributed by atoms with Gasteiger partial charge in [0.15, 0.2) is 0 Å². The Morgan fingerprint density at radius 3 is 2.61 bits per heavy atom. The molecule has 2 rings (SSSR count). The van der Waals surface area contributed by atoms with E-state index in [4.69, 9.17) is 0 Å². The zero-order valence-corrected chi connectivity index (χ0v) is 10.7. The Hall–Kier alpha value is -1.74. The highest BCUT2D eigenvalue weighted by molar-refractivity contribution is 5.23. The van der Waals surface area contributed by atoms with Crippen LogP contribution in [0.25, 0.3) is 0 Å². The maximum atomic E-state index is 13.6. The van der Waals surface area contributed by atoms with Gasteiger partial charge in [0.1, 0.15) is 5.82 Å². The van der Waals surface area contributed by atoms with Crippen molar-refractivity contribution in [3.63, 3.8) is 0 Å².